The second-order valence-electron chi connectivity index (χ2n) is 9.19. The Hall–Kier alpha value is -4.62. The number of aryl methyl sites for hydroxylation is 2. The summed E-state index contributed by atoms with van der Waals surface area (Å²) in [5, 5.41) is 4.65. The minimum absolute atomic E-state index is 0.213. The van der Waals surface area contributed by atoms with Crippen molar-refractivity contribution in [1.82, 2.24) is 5.32 Å². The van der Waals surface area contributed by atoms with E-state index in [2.05, 4.69) is 5.32 Å². The van der Waals surface area contributed by atoms with E-state index in [0.717, 1.165) is 32.4 Å². The molecule has 0 atom stereocenters. The number of nitrogens with zero attached hydrogens (tertiary/aromatic N) is 1. The maximum atomic E-state index is 13.3. The SMILES string of the molecule is COc1cc(/C=C2\C(=O)NC(=O)N(c3ccc(C)c(C)c3)C2=O)cc(Cl)c1OCc1cccc2ccccc12. The topological polar surface area (TPSA) is 84.9 Å². The number of anilines is 1. The molecule has 1 aliphatic rings. The number of hydrogen-bond donors (Lipinski definition) is 1. The van der Waals surface area contributed by atoms with Gasteiger partial charge in [-0.3, -0.25) is 14.9 Å². The van der Waals surface area contributed by atoms with Gasteiger partial charge in [0.05, 0.1) is 17.8 Å². The van der Waals surface area contributed by atoms with Crippen molar-refractivity contribution in [2.24, 2.45) is 0 Å². The second-order valence-corrected chi connectivity index (χ2v) is 9.59. The highest BCUT2D eigenvalue weighted by molar-refractivity contribution is 6.39. The largest absolute Gasteiger partial charge is 0.493 e. The first kappa shape index (κ1) is 26.0. The quantitative estimate of drug-likeness (QED) is 0.227. The summed E-state index contributed by atoms with van der Waals surface area (Å²) < 4.78 is 11.6. The summed E-state index contributed by atoms with van der Waals surface area (Å²) in [6, 6.07) is 21.6. The number of methoxy groups -OCH3 is 1. The van der Waals surface area contributed by atoms with E-state index in [0.29, 0.717) is 22.7 Å². The number of rotatable bonds is 6. The number of barbiturate groups is 1. The number of nitrogens with one attached hydrogen (secondary N) is 1. The Labute approximate surface area is 230 Å². The Morgan fingerprint density at radius 2 is 1.69 bits per heavy atom. The first-order valence-corrected chi connectivity index (χ1v) is 12.6. The van der Waals surface area contributed by atoms with Gasteiger partial charge in [-0.15, -0.1) is 0 Å². The monoisotopic (exact) mass is 540 g/mol. The van der Waals surface area contributed by atoms with E-state index in [1.165, 1.54) is 13.2 Å². The van der Waals surface area contributed by atoms with Crippen LogP contribution in [0.1, 0.15) is 22.3 Å². The number of carbonyl (C=O) groups is 3. The van der Waals surface area contributed by atoms with E-state index in [1.807, 2.05) is 62.4 Å². The third-order valence-corrected chi connectivity index (χ3v) is 6.95. The summed E-state index contributed by atoms with van der Waals surface area (Å²) in [7, 11) is 1.48. The van der Waals surface area contributed by atoms with Gasteiger partial charge in [0, 0.05) is 0 Å². The number of halogens is 1. The average Bonchev–Trinajstić information content (AvgIpc) is 2.92. The van der Waals surface area contributed by atoms with Gasteiger partial charge in [0.2, 0.25) is 0 Å². The Kier molecular flexibility index (Phi) is 7.09. The van der Waals surface area contributed by atoms with Crippen LogP contribution in [0.2, 0.25) is 5.02 Å². The smallest absolute Gasteiger partial charge is 0.335 e. The number of benzene rings is 4. The van der Waals surface area contributed by atoms with E-state index in [-0.39, 0.29) is 17.2 Å². The Balaban J connectivity index is 1.45. The molecule has 1 N–H and O–H groups in total. The Morgan fingerprint density at radius 1 is 0.923 bits per heavy atom. The molecule has 196 valence electrons. The number of carbonyl (C=O) groups excluding carboxylic acids is 3. The van der Waals surface area contributed by atoms with Gasteiger partial charge in [0.1, 0.15) is 12.2 Å². The van der Waals surface area contributed by atoms with Gasteiger partial charge in [-0.25, -0.2) is 9.69 Å². The normalized spacial score (nSPS) is 14.6. The van der Waals surface area contributed by atoms with Crippen LogP contribution in [0.4, 0.5) is 10.5 Å². The van der Waals surface area contributed by atoms with Crippen molar-refractivity contribution in [1.29, 1.82) is 0 Å². The molecular weight excluding hydrogens is 516 g/mol. The predicted octanol–water partition coefficient (Wildman–Crippen LogP) is 6.36. The van der Waals surface area contributed by atoms with E-state index >= 15 is 0 Å². The summed E-state index contributed by atoms with van der Waals surface area (Å²) in [5.41, 5.74) is 3.49. The standard InChI is InChI=1S/C31H25ClN2O5/c1-18-11-12-23(13-19(18)2)34-30(36)25(29(35)33-31(34)37)14-20-15-26(32)28(27(16-20)38-3)39-17-22-9-6-8-21-7-4-5-10-24(21)22/h4-16H,17H2,1-3H3,(H,33,35,37)/b25-14+. The zero-order chi connectivity index (χ0) is 27.7. The molecule has 0 aliphatic carbocycles. The molecule has 0 radical (unpaired) electrons. The minimum Gasteiger partial charge on any atom is -0.493 e. The van der Waals surface area contributed by atoms with Gasteiger partial charge in [0.15, 0.2) is 11.5 Å². The highest BCUT2D eigenvalue weighted by Gasteiger charge is 2.37. The molecule has 1 saturated heterocycles. The molecule has 0 spiro atoms. The molecule has 8 heteroatoms. The molecule has 5 rings (SSSR count). The maximum absolute atomic E-state index is 13.3. The molecule has 39 heavy (non-hydrogen) atoms. The summed E-state index contributed by atoms with van der Waals surface area (Å²) in [5.74, 6) is -0.865. The van der Waals surface area contributed by atoms with Crippen LogP contribution in [0.25, 0.3) is 16.8 Å². The summed E-state index contributed by atoms with van der Waals surface area (Å²) >= 11 is 6.58. The fourth-order valence-corrected chi connectivity index (χ4v) is 4.73. The van der Waals surface area contributed by atoms with Crippen molar-refractivity contribution in [2.45, 2.75) is 20.5 Å². The number of amides is 4. The zero-order valence-corrected chi connectivity index (χ0v) is 22.3. The molecule has 4 aromatic carbocycles. The van der Waals surface area contributed by atoms with E-state index in [1.54, 1.807) is 24.3 Å². The lowest BCUT2D eigenvalue weighted by Crippen LogP contribution is -2.54. The summed E-state index contributed by atoms with van der Waals surface area (Å²) in [6.07, 6.45) is 1.38. The lowest BCUT2D eigenvalue weighted by molar-refractivity contribution is -0.122. The van der Waals surface area contributed by atoms with Crippen molar-refractivity contribution in [3.05, 3.63) is 106 Å². The molecular formula is C31H25ClN2O5. The molecule has 7 nitrogen and oxygen atoms in total. The van der Waals surface area contributed by atoms with Crippen LogP contribution in [-0.4, -0.2) is 25.0 Å². The van der Waals surface area contributed by atoms with Crippen LogP contribution < -0.4 is 19.7 Å². The van der Waals surface area contributed by atoms with Crippen molar-refractivity contribution < 1.29 is 23.9 Å². The van der Waals surface area contributed by atoms with E-state index in [9.17, 15) is 14.4 Å². The third-order valence-electron chi connectivity index (χ3n) is 6.67. The van der Waals surface area contributed by atoms with Crippen LogP contribution in [0.5, 0.6) is 11.5 Å². The summed E-state index contributed by atoms with van der Waals surface area (Å²) in [6.45, 7) is 4.07. The number of ether oxygens (including phenoxy) is 2. The van der Waals surface area contributed by atoms with Gasteiger partial charge >= 0.3 is 6.03 Å². The highest BCUT2D eigenvalue weighted by atomic mass is 35.5. The number of hydrogen-bond acceptors (Lipinski definition) is 5. The van der Waals surface area contributed by atoms with E-state index < -0.39 is 17.8 Å². The van der Waals surface area contributed by atoms with Gasteiger partial charge in [-0.1, -0.05) is 60.1 Å². The molecule has 4 aromatic rings. The van der Waals surface area contributed by atoms with Crippen LogP contribution in [0.3, 0.4) is 0 Å². The molecule has 1 aliphatic heterocycles. The molecule has 0 aromatic heterocycles. The first-order valence-electron chi connectivity index (χ1n) is 12.2. The zero-order valence-electron chi connectivity index (χ0n) is 21.6. The lowest BCUT2D eigenvalue weighted by atomic mass is 10.0. The van der Waals surface area contributed by atoms with Crippen molar-refractivity contribution in [2.75, 3.05) is 12.0 Å². The molecule has 1 heterocycles. The van der Waals surface area contributed by atoms with Gasteiger partial charge in [-0.2, -0.15) is 0 Å². The average molecular weight is 541 g/mol. The van der Waals surface area contributed by atoms with Gasteiger partial charge < -0.3 is 9.47 Å². The van der Waals surface area contributed by atoms with Gasteiger partial charge in [-0.05, 0) is 77.2 Å². The Morgan fingerprint density at radius 3 is 2.46 bits per heavy atom. The number of fused-ring (bicyclic) bond motifs is 1. The van der Waals surface area contributed by atoms with Crippen molar-refractivity contribution in [3.63, 3.8) is 0 Å². The van der Waals surface area contributed by atoms with Crippen molar-refractivity contribution in [3.8, 4) is 11.5 Å². The Bertz CT molecular complexity index is 1670. The molecule has 0 saturated carbocycles. The number of urea groups is 1. The van der Waals surface area contributed by atoms with Crippen LogP contribution in [-0.2, 0) is 16.2 Å². The predicted molar refractivity (Wildman–Crippen MR) is 151 cm³/mol. The number of imide groups is 2. The third kappa shape index (κ3) is 5.09. The fourth-order valence-electron chi connectivity index (χ4n) is 4.45. The molecule has 1 fully saturated rings. The summed E-state index contributed by atoms with van der Waals surface area (Å²) in [4.78, 5) is 39.5. The van der Waals surface area contributed by atoms with E-state index in [4.69, 9.17) is 21.1 Å². The first-order chi connectivity index (χ1) is 18.8. The fraction of sp³-hybridized carbons (Fsp3) is 0.129. The van der Waals surface area contributed by atoms with Crippen LogP contribution in [0.15, 0.2) is 78.4 Å². The van der Waals surface area contributed by atoms with Gasteiger partial charge in [0.25, 0.3) is 11.8 Å². The molecule has 0 bridgehead atoms. The van der Waals surface area contributed by atoms with Crippen LogP contribution >= 0.6 is 11.6 Å². The van der Waals surface area contributed by atoms with Crippen LogP contribution in [0, 0.1) is 13.8 Å². The van der Waals surface area contributed by atoms with Crippen molar-refractivity contribution >= 4 is 52.0 Å². The lowest BCUT2D eigenvalue weighted by Gasteiger charge is -2.27. The minimum atomic E-state index is -0.807. The molecule has 0 unspecified atom stereocenters. The highest BCUT2D eigenvalue weighted by Crippen LogP contribution is 2.38. The second kappa shape index (κ2) is 10.6. The maximum Gasteiger partial charge on any atom is 0.335 e. The molecule has 4 amide bonds.